The number of carbonyl (C=O) groups excluding carboxylic acids is 2. The van der Waals surface area contributed by atoms with Gasteiger partial charge in [0.2, 0.25) is 5.91 Å². The monoisotopic (exact) mass is 638 g/mol. The van der Waals surface area contributed by atoms with Crippen LogP contribution in [0.4, 0.5) is 29.5 Å². The van der Waals surface area contributed by atoms with Gasteiger partial charge < -0.3 is 30.3 Å². The number of alkyl halides is 3. The van der Waals surface area contributed by atoms with Gasteiger partial charge in [-0.1, -0.05) is 19.6 Å². The fourth-order valence-corrected chi connectivity index (χ4v) is 6.18. The molecule has 0 radical (unpaired) electrons. The molecule has 13 heteroatoms. The Hall–Kier alpha value is -4.36. The van der Waals surface area contributed by atoms with Crippen molar-refractivity contribution in [2.45, 2.75) is 51.6 Å². The molecule has 3 atom stereocenters. The zero-order valence-corrected chi connectivity index (χ0v) is 25.7. The lowest BCUT2D eigenvalue weighted by Gasteiger charge is -2.34. The molecule has 4 heterocycles. The highest BCUT2D eigenvalue weighted by molar-refractivity contribution is 5.93. The average Bonchev–Trinajstić information content (AvgIpc) is 3.58. The van der Waals surface area contributed by atoms with Gasteiger partial charge in [0.05, 0.1) is 17.5 Å². The number of aromatic nitrogens is 1. The minimum atomic E-state index is -4.55. The number of ether oxygens (including phenoxy) is 2. The Labute approximate surface area is 265 Å². The summed E-state index contributed by atoms with van der Waals surface area (Å²) in [5, 5.41) is 8.10. The highest BCUT2D eigenvalue weighted by atomic mass is 19.4. The molecule has 1 saturated carbocycles. The molecule has 46 heavy (non-hydrogen) atoms. The number of likely N-dealkylation sites (N-methyl/N-ethyl adjacent to an activating group) is 1. The van der Waals surface area contributed by atoms with Crippen LogP contribution in [-0.2, 0) is 28.7 Å². The van der Waals surface area contributed by atoms with Gasteiger partial charge in [-0.25, -0.2) is 9.78 Å². The SMILES string of the molecule is C=C1/C(=C\C=C(/C)Oc2ccnc3c2CCC(=O)N3)O[C@@H]2[C@@H](NC(=O)Nc3ccc(CN4CCN(CC)CC4)c(C(F)(F)F)c3)[C@H]12. The number of benzene rings is 1. The van der Waals surface area contributed by atoms with Crippen LogP contribution in [0.3, 0.4) is 0 Å². The Kier molecular flexibility index (Phi) is 8.80. The number of urea groups is 1. The van der Waals surface area contributed by atoms with E-state index in [1.54, 1.807) is 31.3 Å². The first-order chi connectivity index (χ1) is 22.0. The number of allylic oxidation sites excluding steroid dienone is 4. The van der Waals surface area contributed by atoms with E-state index < -0.39 is 17.8 Å². The maximum atomic E-state index is 14.0. The minimum Gasteiger partial charge on any atom is -0.487 e. The van der Waals surface area contributed by atoms with E-state index in [1.165, 1.54) is 12.1 Å². The van der Waals surface area contributed by atoms with Crippen molar-refractivity contribution in [3.63, 3.8) is 0 Å². The quantitative estimate of drug-likeness (QED) is 0.347. The molecule has 3 fully saturated rings. The molecule has 3 N–H and O–H groups in total. The molecule has 6 rings (SSSR count). The molecule has 1 aliphatic carbocycles. The third kappa shape index (κ3) is 6.90. The Balaban J connectivity index is 1.02. The van der Waals surface area contributed by atoms with Crippen LogP contribution in [0.15, 0.2) is 66.3 Å². The second-order valence-electron chi connectivity index (χ2n) is 11.9. The molecule has 1 aromatic heterocycles. The van der Waals surface area contributed by atoms with Gasteiger partial charge in [0, 0.05) is 56.6 Å². The van der Waals surface area contributed by atoms with Crippen LogP contribution >= 0.6 is 0 Å². The molecular formula is C33H37F3N6O4. The van der Waals surface area contributed by atoms with E-state index in [9.17, 15) is 22.8 Å². The summed E-state index contributed by atoms with van der Waals surface area (Å²) in [7, 11) is 0. The maximum Gasteiger partial charge on any atom is 0.416 e. The molecule has 3 aliphatic heterocycles. The van der Waals surface area contributed by atoms with Crippen molar-refractivity contribution in [1.29, 1.82) is 0 Å². The number of rotatable bonds is 8. The van der Waals surface area contributed by atoms with E-state index in [0.717, 1.165) is 31.3 Å². The molecule has 2 saturated heterocycles. The summed E-state index contributed by atoms with van der Waals surface area (Å²) in [4.78, 5) is 32.9. The topological polar surface area (TPSA) is 108 Å². The van der Waals surface area contributed by atoms with Gasteiger partial charge in [0.1, 0.15) is 29.2 Å². The number of nitrogens with zero attached hydrogens (tertiary/aromatic N) is 3. The number of halogens is 3. The van der Waals surface area contributed by atoms with Crippen molar-refractivity contribution in [1.82, 2.24) is 20.1 Å². The van der Waals surface area contributed by atoms with E-state index in [0.29, 0.717) is 54.6 Å². The Morgan fingerprint density at radius 2 is 1.96 bits per heavy atom. The van der Waals surface area contributed by atoms with Crippen LogP contribution < -0.4 is 20.7 Å². The second-order valence-corrected chi connectivity index (χ2v) is 11.9. The lowest BCUT2D eigenvalue weighted by molar-refractivity contribution is -0.138. The molecule has 0 spiro atoms. The molecule has 10 nitrogen and oxygen atoms in total. The largest absolute Gasteiger partial charge is 0.487 e. The van der Waals surface area contributed by atoms with Gasteiger partial charge in [-0.3, -0.25) is 9.69 Å². The summed E-state index contributed by atoms with van der Waals surface area (Å²) in [6.45, 7) is 12.2. The summed E-state index contributed by atoms with van der Waals surface area (Å²) in [6, 6.07) is 4.74. The number of hydrogen-bond acceptors (Lipinski definition) is 7. The Morgan fingerprint density at radius 3 is 2.65 bits per heavy atom. The first-order valence-corrected chi connectivity index (χ1v) is 15.4. The van der Waals surface area contributed by atoms with Crippen LogP contribution in [0.5, 0.6) is 5.75 Å². The zero-order valence-electron chi connectivity index (χ0n) is 25.7. The van der Waals surface area contributed by atoms with E-state index in [4.69, 9.17) is 9.47 Å². The lowest BCUT2D eigenvalue weighted by Crippen LogP contribution is -2.45. The normalized spacial score (nSPS) is 24.2. The number of nitrogens with one attached hydrogen (secondary N) is 3. The first kappa shape index (κ1) is 31.6. The van der Waals surface area contributed by atoms with E-state index >= 15 is 0 Å². The highest BCUT2D eigenvalue weighted by Gasteiger charge is 2.60. The number of hydrogen-bond donors (Lipinski definition) is 3. The summed E-state index contributed by atoms with van der Waals surface area (Å²) in [5.74, 6) is 2.07. The van der Waals surface area contributed by atoms with Crippen LogP contribution in [0, 0.1) is 5.92 Å². The molecule has 244 valence electrons. The van der Waals surface area contributed by atoms with E-state index in [-0.39, 0.29) is 41.8 Å². The van der Waals surface area contributed by atoms with Crippen molar-refractivity contribution in [2.24, 2.45) is 5.92 Å². The van der Waals surface area contributed by atoms with Gasteiger partial charge in [-0.2, -0.15) is 13.2 Å². The Bertz CT molecular complexity index is 1600. The van der Waals surface area contributed by atoms with Crippen molar-refractivity contribution < 1.29 is 32.2 Å². The molecule has 3 amide bonds. The van der Waals surface area contributed by atoms with Gasteiger partial charge in [-0.15, -0.1) is 0 Å². The third-order valence-electron chi connectivity index (χ3n) is 8.83. The fraction of sp³-hybridized carbons (Fsp3) is 0.424. The molecule has 0 unspecified atom stereocenters. The standard InChI is InChI=1S/C33H37F3N6O4/c1-4-41-13-15-42(16-14-41)18-21-6-7-22(17-24(21)33(34,35)36)38-32(44)40-29-28-20(3)25(46-30(28)29)9-5-19(2)45-26-11-12-37-31-23(26)8-10-27(43)39-31/h5-7,9,11-12,17,28-30H,3-4,8,10,13-16,18H2,1-2H3,(H,37,39,43)(H2,38,40,44)/b19-5+,25-9+/t28-,29-,30-/m0/s1. The van der Waals surface area contributed by atoms with Gasteiger partial charge >= 0.3 is 12.2 Å². The first-order valence-electron chi connectivity index (χ1n) is 15.4. The second kappa shape index (κ2) is 12.8. The highest BCUT2D eigenvalue weighted by Crippen LogP contribution is 2.51. The maximum absolute atomic E-state index is 14.0. The lowest BCUT2D eigenvalue weighted by atomic mass is 10.0. The fourth-order valence-electron chi connectivity index (χ4n) is 6.18. The molecule has 1 aromatic carbocycles. The molecular weight excluding hydrogens is 601 g/mol. The van der Waals surface area contributed by atoms with Crippen molar-refractivity contribution in [2.75, 3.05) is 43.4 Å². The van der Waals surface area contributed by atoms with E-state index in [2.05, 4.69) is 39.3 Å². The van der Waals surface area contributed by atoms with Crippen LogP contribution in [-0.4, -0.2) is 71.6 Å². The predicted molar refractivity (Wildman–Crippen MR) is 166 cm³/mol. The number of fused-ring (bicyclic) bond motifs is 2. The van der Waals surface area contributed by atoms with Crippen LogP contribution in [0.25, 0.3) is 0 Å². The minimum absolute atomic E-state index is 0.0639. The van der Waals surface area contributed by atoms with Crippen LogP contribution in [0.2, 0.25) is 0 Å². The van der Waals surface area contributed by atoms with Crippen molar-refractivity contribution >= 4 is 23.4 Å². The average molecular weight is 639 g/mol. The predicted octanol–water partition coefficient (Wildman–Crippen LogP) is 5.06. The third-order valence-corrected chi connectivity index (χ3v) is 8.83. The number of carbonyl (C=O) groups is 2. The van der Waals surface area contributed by atoms with Crippen molar-refractivity contribution in [3.8, 4) is 5.75 Å². The zero-order chi connectivity index (χ0) is 32.6. The van der Waals surface area contributed by atoms with Gasteiger partial charge in [-0.05, 0) is 61.4 Å². The number of piperazine rings is 1. The molecule has 2 aromatic rings. The number of pyridine rings is 1. The summed E-state index contributed by atoms with van der Waals surface area (Å²) < 4.78 is 53.9. The molecule has 0 bridgehead atoms. The smallest absolute Gasteiger partial charge is 0.416 e. The van der Waals surface area contributed by atoms with E-state index in [1.807, 2.05) is 4.90 Å². The van der Waals surface area contributed by atoms with Gasteiger partial charge in [0.15, 0.2) is 0 Å². The summed E-state index contributed by atoms with van der Waals surface area (Å²) in [6.07, 6.45) is 1.12. The number of anilines is 2. The molecule has 4 aliphatic rings. The van der Waals surface area contributed by atoms with Crippen LogP contribution in [0.1, 0.15) is 37.0 Å². The summed E-state index contributed by atoms with van der Waals surface area (Å²) >= 11 is 0. The Morgan fingerprint density at radius 1 is 1.20 bits per heavy atom. The van der Waals surface area contributed by atoms with Gasteiger partial charge in [0.25, 0.3) is 0 Å². The summed E-state index contributed by atoms with van der Waals surface area (Å²) in [5.41, 5.74) is 1.05. The van der Waals surface area contributed by atoms with Crippen molar-refractivity contribution in [3.05, 3.63) is 83.0 Å². The number of amides is 3.